The zero-order valence-corrected chi connectivity index (χ0v) is 21.5. The molecule has 0 aliphatic carbocycles. The summed E-state index contributed by atoms with van der Waals surface area (Å²) >= 11 is 3.40. The largest absolute Gasteiger partial charge is 0.497 e. The average Bonchev–Trinajstić information content (AvgIpc) is 3.40. The second kappa shape index (κ2) is 9.40. The average molecular weight is 550 g/mol. The number of fused-ring (bicyclic) bond motifs is 1. The number of aryl methyl sites for hydroxylation is 1. The lowest BCUT2D eigenvalue weighted by Gasteiger charge is -2.26. The molecule has 8 nitrogen and oxygen atoms in total. The van der Waals surface area contributed by atoms with Crippen LogP contribution in [0.1, 0.15) is 27.5 Å². The van der Waals surface area contributed by atoms with Gasteiger partial charge in [-0.15, -0.1) is 0 Å². The number of benzene rings is 3. The molecule has 0 spiro atoms. The first kappa shape index (κ1) is 24.0. The first-order valence-corrected chi connectivity index (χ1v) is 12.1. The van der Waals surface area contributed by atoms with Crippen LogP contribution in [0.2, 0.25) is 0 Å². The predicted molar refractivity (Wildman–Crippen MR) is 137 cm³/mol. The summed E-state index contributed by atoms with van der Waals surface area (Å²) in [6.45, 7) is 1.93. The number of anilines is 1. The number of nitrogens with zero attached hydrogens (tertiary/aromatic N) is 2. The lowest BCUT2D eigenvalue weighted by Crippen LogP contribution is -2.48. The van der Waals surface area contributed by atoms with E-state index in [1.807, 2.05) is 25.1 Å². The van der Waals surface area contributed by atoms with E-state index in [0.29, 0.717) is 28.3 Å². The Balaban J connectivity index is 1.62. The van der Waals surface area contributed by atoms with E-state index >= 15 is 0 Å². The first-order valence-electron chi connectivity index (χ1n) is 11.4. The number of nitrogens with one attached hydrogen (secondary N) is 1. The Morgan fingerprint density at radius 3 is 2.36 bits per heavy atom. The molecule has 3 aromatic rings. The minimum Gasteiger partial charge on any atom is -0.497 e. The van der Waals surface area contributed by atoms with E-state index in [-0.39, 0.29) is 5.91 Å². The second-order valence-electron chi connectivity index (χ2n) is 8.72. The maximum Gasteiger partial charge on any atom is 0.268 e. The number of ether oxygens (including phenoxy) is 2. The fraction of sp³-hybridized carbons (Fsp3) is 0.222. The number of carbonyl (C=O) groups excluding carboxylic acids is 3. The highest BCUT2D eigenvalue weighted by molar-refractivity contribution is 9.10. The highest BCUT2D eigenvalue weighted by Crippen LogP contribution is 2.45. The Labute approximate surface area is 216 Å². The Morgan fingerprint density at radius 1 is 0.944 bits per heavy atom. The second-order valence-corrected chi connectivity index (χ2v) is 9.63. The molecule has 0 unspecified atom stereocenters. The number of imide groups is 1. The van der Waals surface area contributed by atoms with E-state index in [1.54, 1.807) is 55.6 Å². The number of hydrazine groups is 1. The van der Waals surface area contributed by atoms with Crippen LogP contribution in [-0.2, 0) is 9.59 Å². The Kier molecular flexibility index (Phi) is 6.27. The summed E-state index contributed by atoms with van der Waals surface area (Å²) in [4.78, 5) is 42.4. The molecule has 36 heavy (non-hydrogen) atoms. The van der Waals surface area contributed by atoms with Crippen LogP contribution < -0.4 is 19.8 Å². The Hall–Kier alpha value is -3.69. The fourth-order valence-corrected chi connectivity index (χ4v) is 5.22. The molecule has 0 aromatic heterocycles. The van der Waals surface area contributed by atoms with Crippen LogP contribution in [0.5, 0.6) is 11.5 Å². The first-order chi connectivity index (χ1) is 17.3. The van der Waals surface area contributed by atoms with Crippen LogP contribution in [0.3, 0.4) is 0 Å². The summed E-state index contributed by atoms with van der Waals surface area (Å²) in [5.74, 6) is -1.06. The molecule has 0 saturated carbocycles. The third-order valence-corrected chi connectivity index (χ3v) is 7.08. The minimum atomic E-state index is -1.04. The van der Waals surface area contributed by atoms with Gasteiger partial charge in [-0.2, -0.15) is 0 Å². The van der Waals surface area contributed by atoms with Gasteiger partial charge in [-0.3, -0.25) is 19.4 Å². The number of rotatable bonds is 5. The number of halogens is 1. The van der Waals surface area contributed by atoms with Crippen LogP contribution in [0, 0.1) is 12.8 Å². The van der Waals surface area contributed by atoms with Gasteiger partial charge in [-0.25, -0.2) is 10.3 Å². The monoisotopic (exact) mass is 549 g/mol. The van der Waals surface area contributed by atoms with Crippen LogP contribution in [-0.4, -0.2) is 43.0 Å². The van der Waals surface area contributed by atoms with E-state index in [0.717, 1.165) is 10.0 Å². The molecule has 3 aromatic carbocycles. The summed E-state index contributed by atoms with van der Waals surface area (Å²) in [5.41, 5.74) is 5.62. The van der Waals surface area contributed by atoms with Gasteiger partial charge in [0.15, 0.2) is 0 Å². The molecule has 9 heteroatoms. The normalized spacial score (nSPS) is 21.1. The quantitative estimate of drug-likeness (QED) is 0.483. The van der Waals surface area contributed by atoms with Crippen molar-refractivity contribution in [3.63, 3.8) is 0 Å². The van der Waals surface area contributed by atoms with E-state index in [4.69, 9.17) is 9.47 Å². The van der Waals surface area contributed by atoms with Gasteiger partial charge in [0.05, 0.1) is 31.9 Å². The molecule has 2 fully saturated rings. The van der Waals surface area contributed by atoms with Gasteiger partial charge >= 0.3 is 0 Å². The topological polar surface area (TPSA) is 88.2 Å². The van der Waals surface area contributed by atoms with Crippen molar-refractivity contribution in [3.05, 3.63) is 87.9 Å². The van der Waals surface area contributed by atoms with Gasteiger partial charge in [0.2, 0.25) is 5.91 Å². The molecule has 3 atom stereocenters. The number of hydrogen-bond acceptors (Lipinski definition) is 6. The molecule has 0 radical (unpaired) electrons. The van der Waals surface area contributed by atoms with E-state index in [2.05, 4.69) is 21.4 Å². The van der Waals surface area contributed by atoms with Gasteiger partial charge in [-0.05, 0) is 55.5 Å². The third kappa shape index (κ3) is 3.94. The van der Waals surface area contributed by atoms with Crippen molar-refractivity contribution < 1.29 is 23.9 Å². The van der Waals surface area contributed by atoms with Gasteiger partial charge in [0, 0.05) is 15.6 Å². The SMILES string of the molecule is COc1ccc(OC)c([C@@H]2NN(C(=O)c3cccc(Br)c3)[C@@H]3C(=O)N(c4ccc(C)cc4)C(=O)[C@@H]32)c1. The Morgan fingerprint density at radius 2 is 1.69 bits per heavy atom. The summed E-state index contributed by atoms with van der Waals surface area (Å²) in [6, 6.07) is 17.6. The molecule has 184 valence electrons. The van der Waals surface area contributed by atoms with Crippen molar-refractivity contribution in [3.8, 4) is 11.5 Å². The maximum atomic E-state index is 13.8. The van der Waals surface area contributed by atoms with Crippen LogP contribution >= 0.6 is 15.9 Å². The minimum absolute atomic E-state index is 0.378. The highest BCUT2D eigenvalue weighted by atomic mass is 79.9. The lowest BCUT2D eigenvalue weighted by atomic mass is 9.90. The molecule has 5 rings (SSSR count). The van der Waals surface area contributed by atoms with Crippen molar-refractivity contribution in [1.29, 1.82) is 0 Å². The van der Waals surface area contributed by atoms with Crippen molar-refractivity contribution in [2.75, 3.05) is 19.1 Å². The number of methoxy groups -OCH3 is 2. The molecule has 0 bridgehead atoms. The van der Waals surface area contributed by atoms with Crippen LogP contribution in [0.4, 0.5) is 5.69 Å². The van der Waals surface area contributed by atoms with Gasteiger partial charge in [0.25, 0.3) is 11.8 Å². The van der Waals surface area contributed by atoms with Gasteiger partial charge < -0.3 is 9.47 Å². The molecule has 2 heterocycles. The van der Waals surface area contributed by atoms with Gasteiger partial charge in [0.1, 0.15) is 17.5 Å². The zero-order chi connectivity index (χ0) is 25.6. The fourth-order valence-electron chi connectivity index (χ4n) is 4.82. The van der Waals surface area contributed by atoms with E-state index in [9.17, 15) is 14.4 Å². The summed E-state index contributed by atoms with van der Waals surface area (Å²) in [6.07, 6.45) is 0. The van der Waals surface area contributed by atoms with Crippen molar-refractivity contribution in [2.45, 2.75) is 19.0 Å². The van der Waals surface area contributed by atoms with E-state index in [1.165, 1.54) is 17.0 Å². The molecular formula is C27H24BrN3O5. The molecule has 2 saturated heterocycles. The number of amides is 3. The third-order valence-electron chi connectivity index (χ3n) is 6.59. The molecule has 2 aliphatic rings. The lowest BCUT2D eigenvalue weighted by molar-refractivity contribution is -0.123. The van der Waals surface area contributed by atoms with Crippen LogP contribution in [0.15, 0.2) is 71.2 Å². The van der Waals surface area contributed by atoms with E-state index < -0.39 is 29.8 Å². The van der Waals surface area contributed by atoms with Gasteiger partial charge in [-0.1, -0.05) is 39.7 Å². The van der Waals surface area contributed by atoms with Crippen molar-refractivity contribution >= 4 is 39.3 Å². The van der Waals surface area contributed by atoms with Crippen LogP contribution in [0.25, 0.3) is 0 Å². The highest BCUT2D eigenvalue weighted by Gasteiger charge is 2.60. The standard InChI is InChI=1S/C27H24BrN3O5/c1-15-7-9-18(10-8-15)30-26(33)22-23(20-14-19(35-2)11-12-21(20)36-3)29-31(24(22)27(30)34)25(32)16-5-4-6-17(28)13-16/h4-14,22-24,29H,1-3H3/t22-,23+,24+/m1/s1. The molecule has 2 aliphatic heterocycles. The Bertz CT molecular complexity index is 1360. The smallest absolute Gasteiger partial charge is 0.268 e. The van der Waals surface area contributed by atoms with Crippen molar-refractivity contribution in [2.24, 2.45) is 5.92 Å². The summed E-state index contributed by atoms with van der Waals surface area (Å²) in [7, 11) is 3.07. The summed E-state index contributed by atoms with van der Waals surface area (Å²) < 4.78 is 11.7. The number of hydrogen-bond donors (Lipinski definition) is 1. The molecular weight excluding hydrogens is 526 g/mol. The number of carbonyl (C=O) groups is 3. The van der Waals surface area contributed by atoms with Crippen molar-refractivity contribution in [1.82, 2.24) is 10.4 Å². The zero-order valence-electron chi connectivity index (χ0n) is 19.9. The maximum absolute atomic E-state index is 13.8. The predicted octanol–water partition coefficient (Wildman–Crippen LogP) is 4.03. The molecule has 3 amide bonds. The summed E-state index contributed by atoms with van der Waals surface area (Å²) in [5, 5.41) is 1.28. The molecule has 1 N–H and O–H groups in total.